The van der Waals surface area contributed by atoms with E-state index < -0.39 is 15.7 Å². The molecule has 0 saturated carbocycles. The van der Waals surface area contributed by atoms with E-state index in [2.05, 4.69) is 26.0 Å². The van der Waals surface area contributed by atoms with E-state index in [0.29, 0.717) is 10.2 Å². The second kappa shape index (κ2) is 5.78. The fourth-order valence-electron chi connectivity index (χ4n) is 1.66. The molecule has 0 spiro atoms. The zero-order chi connectivity index (χ0) is 15.6. The van der Waals surface area contributed by atoms with Crippen LogP contribution in [-0.4, -0.2) is 35.3 Å². The average Bonchev–Trinajstić information content (AvgIpc) is 2.91. The summed E-state index contributed by atoms with van der Waals surface area (Å²) in [5, 5.41) is 3.90. The van der Waals surface area contributed by atoms with Crippen LogP contribution in [0.25, 0.3) is 10.2 Å². The average molecular weight is 371 g/mol. The monoisotopic (exact) mass is 370 g/mol. The predicted octanol–water partition coefficient (Wildman–Crippen LogP) is 0.888. The number of hydrogen-bond donors (Lipinski definition) is 1. The Kier molecular flexibility index (Phi) is 4.24. The second-order valence-electron chi connectivity index (χ2n) is 4.17. The highest BCUT2D eigenvalue weighted by atomic mass is 79.9. The molecule has 0 aliphatic carbocycles. The molecule has 0 atom stereocenters. The second-order valence-corrected chi connectivity index (χ2v) is 6.93. The minimum absolute atomic E-state index is 0.159. The van der Waals surface area contributed by atoms with Crippen LogP contribution in [0.2, 0.25) is 0 Å². The summed E-state index contributed by atoms with van der Waals surface area (Å²) in [4.78, 5) is 15.6. The molecule has 0 aliphatic rings. The van der Waals surface area contributed by atoms with Gasteiger partial charge >= 0.3 is 0 Å². The third-order valence-corrected chi connectivity index (χ3v) is 4.53. The van der Waals surface area contributed by atoms with Gasteiger partial charge in [-0.2, -0.15) is 5.10 Å². The van der Waals surface area contributed by atoms with Crippen LogP contribution in [0.15, 0.2) is 41.8 Å². The minimum Gasteiger partial charge on any atom is -0.365 e. The molecule has 21 heavy (non-hydrogen) atoms. The van der Waals surface area contributed by atoms with Gasteiger partial charge in [0.15, 0.2) is 9.84 Å². The van der Waals surface area contributed by atoms with Crippen LogP contribution >= 0.6 is 15.9 Å². The van der Waals surface area contributed by atoms with E-state index in [1.807, 2.05) is 0 Å². The molecule has 1 amide bonds. The van der Waals surface area contributed by atoms with Gasteiger partial charge in [-0.15, -0.1) is 0 Å². The molecule has 1 aromatic heterocycles. The van der Waals surface area contributed by atoms with Crippen molar-refractivity contribution in [3.8, 4) is 0 Å². The Hall–Kier alpha value is -2.00. The number of carbonyl (C=O) groups excluding carboxylic acids is 1. The molecule has 2 aromatic rings. The van der Waals surface area contributed by atoms with Crippen molar-refractivity contribution >= 4 is 41.9 Å². The number of amides is 1. The molecule has 2 rings (SSSR count). The Morgan fingerprint density at radius 3 is 2.33 bits per heavy atom. The van der Waals surface area contributed by atoms with E-state index in [9.17, 15) is 13.2 Å². The van der Waals surface area contributed by atoms with Gasteiger partial charge in [-0.3, -0.25) is 4.79 Å². The molecule has 7 nitrogen and oxygen atoms in total. The topological polar surface area (TPSA) is 108 Å². The van der Waals surface area contributed by atoms with Crippen molar-refractivity contribution in [2.45, 2.75) is 4.90 Å². The van der Waals surface area contributed by atoms with E-state index in [1.54, 1.807) is 0 Å². The number of sulfone groups is 1. The summed E-state index contributed by atoms with van der Waals surface area (Å²) in [5.41, 5.74) is 6.03. The number of halogens is 1. The van der Waals surface area contributed by atoms with Crippen LogP contribution in [-0.2, 0) is 14.6 Å². The summed E-state index contributed by atoms with van der Waals surface area (Å²) in [7, 11) is -3.30. The maximum absolute atomic E-state index is 11.7. The van der Waals surface area contributed by atoms with E-state index in [0.717, 1.165) is 6.26 Å². The van der Waals surface area contributed by atoms with Crippen molar-refractivity contribution < 1.29 is 13.2 Å². The van der Waals surface area contributed by atoms with Crippen LogP contribution in [0.1, 0.15) is 5.56 Å². The third kappa shape index (κ3) is 3.37. The quantitative estimate of drug-likeness (QED) is 0.803. The lowest BCUT2D eigenvalue weighted by Gasteiger charge is -2.08. The molecule has 0 bridgehead atoms. The van der Waals surface area contributed by atoms with E-state index >= 15 is 0 Å². The highest BCUT2D eigenvalue weighted by Crippen LogP contribution is 2.26. The van der Waals surface area contributed by atoms with Gasteiger partial charge in [0.1, 0.15) is 17.3 Å². The smallest absolute Gasteiger partial charge is 0.252 e. The van der Waals surface area contributed by atoms with Crippen molar-refractivity contribution in [2.24, 2.45) is 5.73 Å². The van der Waals surface area contributed by atoms with Gasteiger partial charge in [0, 0.05) is 6.26 Å². The molecular weight excluding hydrogens is 360 g/mol. The lowest BCUT2D eigenvalue weighted by atomic mass is 10.1. The zero-order valence-electron chi connectivity index (χ0n) is 10.9. The summed E-state index contributed by atoms with van der Waals surface area (Å²) >= 11 is 3.25. The highest BCUT2D eigenvalue weighted by Gasteiger charge is 2.16. The summed E-state index contributed by atoms with van der Waals surface area (Å²) in [6.07, 6.45) is 3.82. The Bertz CT molecular complexity index is 796. The molecule has 0 fully saturated rings. The lowest BCUT2D eigenvalue weighted by Crippen LogP contribution is -2.15. The summed E-state index contributed by atoms with van der Waals surface area (Å²) < 4.78 is 24.5. The molecule has 9 heteroatoms. The number of aromatic nitrogens is 3. The van der Waals surface area contributed by atoms with E-state index in [4.69, 9.17) is 5.73 Å². The van der Waals surface area contributed by atoms with Gasteiger partial charge < -0.3 is 5.73 Å². The molecule has 0 saturated heterocycles. The Morgan fingerprint density at radius 1 is 1.29 bits per heavy atom. The Morgan fingerprint density at radius 2 is 1.90 bits per heavy atom. The molecule has 0 aliphatic heterocycles. The van der Waals surface area contributed by atoms with Crippen molar-refractivity contribution in [1.82, 2.24) is 14.8 Å². The van der Waals surface area contributed by atoms with Gasteiger partial charge in [-0.1, -0.05) is 12.1 Å². The first kappa shape index (κ1) is 15.4. The summed E-state index contributed by atoms with van der Waals surface area (Å²) in [5.74, 6) is -0.676. The Balaban J connectivity index is 2.55. The van der Waals surface area contributed by atoms with Gasteiger partial charge in [-0.25, -0.2) is 18.1 Å². The standard InChI is InChI=1S/C12H11BrN4O3S/c1-21(19,20)9-4-2-8(3-5-9)10(12(14)18)11(13)17-7-15-6-16-17/h2-7H,1H3,(H2,14,18)/b11-10-. The first-order chi connectivity index (χ1) is 9.80. The van der Waals surface area contributed by atoms with Crippen LogP contribution < -0.4 is 5.73 Å². The van der Waals surface area contributed by atoms with Crippen LogP contribution in [0.4, 0.5) is 0 Å². The van der Waals surface area contributed by atoms with E-state index in [1.165, 1.54) is 41.6 Å². The minimum atomic E-state index is -3.30. The Labute approximate surface area is 129 Å². The number of rotatable bonds is 4. The number of primary amides is 1. The number of hydrogen-bond acceptors (Lipinski definition) is 5. The van der Waals surface area contributed by atoms with Gasteiger partial charge in [0.2, 0.25) is 0 Å². The summed E-state index contributed by atoms with van der Waals surface area (Å²) in [6.45, 7) is 0. The largest absolute Gasteiger partial charge is 0.365 e. The van der Waals surface area contributed by atoms with Crippen LogP contribution in [0.5, 0.6) is 0 Å². The van der Waals surface area contributed by atoms with Crippen LogP contribution in [0.3, 0.4) is 0 Å². The van der Waals surface area contributed by atoms with Crippen molar-refractivity contribution in [2.75, 3.05) is 6.26 Å². The zero-order valence-corrected chi connectivity index (χ0v) is 13.3. The fourth-order valence-corrected chi connectivity index (χ4v) is 2.89. The molecular formula is C12H11BrN4O3S. The first-order valence-corrected chi connectivity index (χ1v) is 8.34. The number of carbonyl (C=O) groups is 1. The SMILES string of the molecule is CS(=O)(=O)c1ccc(/C(C(N)=O)=C(\Br)n2cncn2)cc1. The molecule has 1 aromatic carbocycles. The molecule has 0 radical (unpaired) electrons. The number of benzene rings is 1. The van der Waals surface area contributed by atoms with Crippen molar-refractivity contribution in [3.63, 3.8) is 0 Å². The van der Waals surface area contributed by atoms with Gasteiger partial charge in [0.05, 0.1) is 10.5 Å². The maximum atomic E-state index is 11.7. The summed E-state index contributed by atoms with van der Waals surface area (Å²) in [6, 6.07) is 5.84. The van der Waals surface area contributed by atoms with Crippen molar-refractivity contribution in [1.29, 1.82) is 0 Å². The van der Waals surface area contributed by atoms with E-state index in [-0.39, 0.29) is 10.5 Å². The van der Waals surface area contributed by atoms with Crippen molar-refractivity contribution in [3.05, 3.63) is 42.5 Å². The first-order valence-electron chi connectivity index (χ1n) is 5.66. The normalized spacial score (nSPS) is 12.9. The molecule has 110 valence electrons. The third-order valence-electron chi connectivity index (χ3n) is 2.64. The highest BCUT2D eigenvalue weighted by molar-refractivity contribution is 9.15. The fraction of sp³-hybridized carbons (Fsp3) is 0.0833. The maximum Gasteiger partial charge on any atom is 0.252 e. The molecule has 0 unspecified atom stereocenters. The predicted molar refractivity (Wildman–Crippen MR) is 80.8 cm³/mol. The van der Waals surface area contributed by atoms with Gasteiger partial charge in [0.25, 0.3) is 5.91 Å². The van der Waals surface area contributed by atoms with Crippen LogP contribution in [0, 0.1) is 0 Å². The van der Waals surface area contributed by atoms with Gasteiger partial charge in [-0.05, 0) is 33.6 Å². The number of nitrogens with zero attached hydrogens (tertiary/aromatic N) is 3. The molecule has 1 heterocycles. The number of nitrogens with two attached hydrogens (primary N) is 1. The lowest BCUT2D eigenvalue weighted by molar-refractivity contribution is -0.112. The molecule has 2 N–H and O–H groups in total.